The lowest BCUT2D eigenvalue weighted by Crippen LogP contribution is -2.28. The molecule has 3 rings (SSSR count). The van der Waals surface area contributed by atoms with Gasteiger partial charge in [-0.2, -0.15) is 0 Å². The summed E-state index contributed by atoms with van der Waals surface area (Å²) in [6, 6.07) is 15.9. The first-order valence-corrected chi connectivity index (χ1v) is 8.58. The Morgan fingerprint density at radius 1 is 1.16 bits per heavy atom. The normalized spacial score (nSPS) is 17.5. The Kier molecular flexibility index (Phi) is 5.00. The maximum absolute atomic E-state index is 12.6. The summed E-state index contributed by atoms with van der Waals surface area (Å²) in [5.41, 5.74) is 1.78. The van der Waals surface area contributed by atoms with Gasteiger partial charge in [0.1, 0.15) is 0 Å². The van der Waals surface area contributed by atoms with Gasteiger partial charge in [-0.3, -0.25) is 9.69 Å². The summed E-state index contributed by atoms with van der Waals surface area (Å²) < 4.78 is 0. The molecule has 1 aliphatic rings. The number of amides is 1. The van der Waals surface area contributed by atoms with E-state index in [0.717, 1.165) is 5.56 Å². The van der Waals surface area contributed by atoms with E-state index in [2.05, 4.69) is 4.99 Å². The predicted octanol–water partition coefficient (Wildman–Crippen LogP) is 4.01. The van der Waals surface area contributed by atoms with E-state index < -0.39 is 5.97 Å². The smallest absolute Gasteiger partial charge is 0.335 e. The first-order valence-electron chi connectivity index (χ1n) is 7.77. The molecule has 0 unspecified atom stereocenters. The number of hydrogen-bond acceptors (Lipinski definition) is 4. The predicted molar refractivity (Wildman–Crippen MR) is 99.9 cm³/mol. The van der Waals surface area contributed by atoms with Gasteiger partial charge in [0, 0.05) is 6.54 Å². The fraction of sp³-hybridized carbons (Fsp3) is 0.105. The molecule has 0 aliphatic carbocycles. The Hall–Kier alpha value is -2.86. The molecule has 1 amide bonds. The molecule has 0 spiro atoms. The summed E-state index contributed by atoms with van der Waals surface area (Å²) in [6.45, 7) is 2.41. The highest BCUT2D eigenvalue weighted by atomic mass is 32.2. The van der Waals surface area contributed by atoms with Gasteiger partial charge in [-0.1, -0.05) is 30.3 Å². The highest BCUT2D eigenvalue weighted by Gasteiger charge is 2.32. The second kappa shape index (κ2) is 7.36. The molecule has 0 saturated carbocycles. The van der Waals surface area contributed by atoms with Crippen molar-refractivity contribution in [3.05, 3.63) is 70.6 Å². The van der Waals surface area contributed by atoms with Crippen molar-refractivity contribution < 1.29 is 14.7 Å². The van der Waals surface area contributed by atoms with Crippen LogP contribution in [0.4, 0.5) is 5.69 Å². The number of thioether (sulfide) groups is 1. The highest BCUT2D eigenvalue weighted by Crippen LogP contribution is 2.33. The van der Waals surface area contributed by atoms with Gasteiger partial charge in [0.2, 0.25) is 0 Å². The minimum atomic E-state index is -0.979. The quantitative estimate of drug-likeness (QED) is 0.844. The summed E-state index contributed by atoms with van der Waals surface area (Å²) in [4.78, 5) is 30.2. The first kappa shape index (κ1) is 17.0. The number of aliphatic imine (C=N–C) groups is 1. The van der Waals surface area contributed by atoms with E-state index >= 15 is 0 Å². The Balaban J connectivity index is 1.89. The fourth-order valence-electron chi connectivity index (χ4n) is 2.36. The molecule has 0 atom stereocenters. The van der Waals surface area contributed by atoms with E-state index in [1.54, 1.807) is 17.0 Å². The van der Waals surface area contributed by atoms with Gasteiger partial charge in [-0.05, 0) is 54.6 Å². The van der Waals surface area contributed by atoms with Crippen molar-refractivity contribution in [2.45, 2.75) is 6.92 Å². The largest absolute Gasteiger partial charge is 0.478 e. The summed E-state index contributed by atoms with van der Waals surface area (Å²) in [5, 5.41) is 9.54. The Morgan fingerprint density at radius 2 is 1.84 bits per heavy atom. The molecule has 5 nitrogen and oxygen atoms in total. The van der Waals surface area contributed by atoms with E-state index in [0.29, 0.717) is 22.3 Å². The molecule has 2 aromatic carbocycles. The molecule has 25 heavy (non-hydrogen) atoms. The molecular weight excluding hydrogens is 336 g/mol. The van der Waals surface area contributed by atoms with Crippen LogP contribution in [0.25, 0.3) is 6.08 Å². The van der Waals surface area contributed by atoms with Crippen molar-refractivity contribution in [3.8, 4) is 0 Å². The zero-order valence-electron chi connectivity index (χ0n) is 13.5. The molecule has 1 fully saturated rings. The maximum Gasteiger partial charge on any atom is 0.335 e. The van der Waals surface area contributed by atoms with Crippen LogP contribution in [0.5, 0.6) is 0 Å². The number of nitrogens with zero attached hydrogens (tertiary/aromatic N) is 2. The van der Waals surface area contributed by atoms with Crippen LogP contribution in [-0.2, 0) is 4.79 Å². The SMILES string of the molecule is CCN1C(=O)/C(=C\c2ccccc2)SC1=Nc1ccc(C(=O)O)cc1. The maximum atomic E-state index is 12.6. The van der Waals surface area contributed by atoms with Crippen LogP contribution in [0, 0.1) is 0 Å². The molecule has 126 valence electrons. The number of rotatable bonds is 4. The van der Waals surface area contributed by atoms with Gasteiger partial charge in [-0.15, -0.1) is 0 Å². The number of carboxylic acids is 1. The lowest BCUT2D eigenvalue weighted by atomic mass is 10.2. The van der Waals surface area contributed by atoms with Crippen molar-refractivity contribution >= 4 is 40.6 Å². The number of aromatic carboxylic acids is 1. The van der Waals surface area contributed by atoms with Gasteiger partial charge in [0.05, 0.1) is 16.2 Å². The number of amidine groups is 1. The van der Waals surface area contributed by atoms with E-state index in [9.17, 15) is 9.59 Å². The van der Waals surface area contributed by atoms with Crippen molar-refractivity contribution in [1.29, 1.82) is 0 Å². The molecule has 0 radical (unpaired) electrons. The molecule has 1 heterocycles. The zero-order chi connectivity index (χ0) is 17.8. The first-order chi connectivity index (χ1) is 12.1. The third-order valence-electron chi connectivity index (χ3n) is 3.64. The fourth-order valence-corrected chi connectivity index (χ4v) is 3.42. The number of carbonyl (C=O) groups excluding carboxylic acids is 1. The number of benzene rings is 2. The second-order valence-electron chi connectivity index (χ2n) is 5.32. The van der Waals surface area contributed by atoms with Gasteiger partial charge in [0.25, 0.3) is 5.91 Å². The Morgan fingerprint density at radius 3 is 2.44 bits per heavy atom. The lowest BCUT2D eigenvalue weighted by molar-refractivity contribution is -0.122. The highest BCUT2D eigenvalue weighted by molar-refractivity contribution is 8.18. The number of carboxylic acid groups (broad SMARTS) is 1. The standard InChI is InChI=1S/C19H16N2O3S/c1-2-21-17(22)16(12-13-6-4-3-5-7-13)25-19(21)20-15-10-8-14(9-11-15)18(23)24/h3-12H,2H2,1H3,(H,23,24)/b16-12+,20-19?. The van der Waals surface area contributed by atoms with Crippen LogP contribution >= 0.6 is 11.8 Å². The zero-order valence-corrected chi connectivity index (χ0v) is 14.4. The second-order valence-corrected chi connectivity index (χ2v) is 6.33. The van der Waals surface area contributed by atoms with Crippen LogP contribution in [0.2, 0.25) is 0 Å². The van der Waals surface area contributed by atoms with Gasteiger partial charge < -0.3 is 5.11 Å². The third kappa shape index (κ3) is 3.80. The van der Waals surface area contributed by atoms with Crippen LogP contribution in [0.1, 0.15) is 22.8 Å². The monoisotopic (exact) mass is 352 g/mol. The van der Waals surface area contributed by atoms with Crippen molar-refractivity contribution in [3.63, 3.8) is 0 Å². The number of likely N-dealkylation sites (N-methyl/N-ethyl adjacent to an activating group) is 1. The summed E-state index contributed by atoms with van der Waals surface area (Å²) >= 11 is 1.32. The van der Waals surface area contributed by atoms with Crippen molar-refractivity contribution in [1.82, 2.24) is 4.90 Å². The van der Waals surface area contributed by atoms with Gasteiger partial charge >= 0.3 is 5.97 Å². The van der Waals surface area contributed by atoms with E-state index in [4.69, 9.17) is 5.11 Å². The Labute approximate surface area is 149 Å². The topological polar surface area (TPSA) is 70.0 Å². The molecule has 2 aromatic rings. The van der Waals surface area contributed by atoms with Crippen LogP contribution in [-0.4, -0.2) is 33.6 Å². The molecule has 1 aliphatic heterocycles. The lowest BCUT2D eigenvalue weighted by Gasteiger charge is -2.12. The molecule has 1 saturated heterocycles. The molecular formula is C19H16N2O3S. The summed E-state index contributed by atoms with van der Waals surface area (Å²) in [6.07, 6.45) is 1.85. The van der Waals surface area contributed by atoms with Crippen LogP contribution in [0.3, 0.4) is 0 Å². The van der Waals surface area contributed by atoms with Gasteiger partial charge in [-0.25, -0.2) is 9.79 Å². The van der Waals surface area contributed by atoms with Crippen molar-refractivity contribution in [2.75, 3.05) is 6.54 Å². The number of carbonyl (C=O) groups is 2. The van der Waals surface area contributed by atoms with E-state index in [1.165, 1.54) is 23.9 Å². The van der Waals surface area contributed by atoms with Crippen LogP contribution < -0.4 is 0 Å². The third-order valence-corrected chi connectivity index (χ3v) is 4.65. The minimum Gasteiger partial charge on any atom is -0.478 e. The summed E-state index contributed by atoms with van der Waals surface area (Å²) in [7, 11) is 0. The molecule has 0 aromatic heterocycles. The van der Waals surface area contributed by atoms with E-state index in [-0.39, 0.29) is 11.5 Å². The Bertz CT molecular complexity index is 858. The summed E-state index contributed by atoms with van der Waals surface area (Å²) in [5.74, 6) is -1.05. The van der Waals surface area contributed by atoms with Gasteiger partial charge in [0.15, 0.2) is 5.17 Å². The molecule has 6 heteroatoms. The average Bonchev–Trinajstić information content (AvgIpc) is 2.91. The van der Waals surface area contributed by atoms with Crippen LogP contribution in [0.15, 0.2) is 64.5 Å². The minimum absolute atomic E-state index is 0.0720. The molecule has 0 bridgehead atoms. The average molecular weight is 352 g/mol. The molecule has 1 N–H and O–H groups in total. The number of hydrogen-bond donors (Lipinski definition) is 1. The van der Waals surface area contributed by atoms with E-state index in [1.807, 2.05) is 43.3 Å². The van der Waals surface area contributed by atoms with Crippen molar-refractivity contribution in [2.24, 2.45) is 4.99 Å².